The Morgan fingerprint density at radius 3 is 2.62 bits per heavy atom. The van der Waals surface area contributed by atoms with E-state index in [1.54, 1.807) is 12.1 Å². The molecular formula is C9H10O3S. The fraction of sp³-hybridized carbons (Fsp3) is 0.222. The zero-order valence-electron chi connectivity index (χ0n) is 7.19. The van der Waals surface area contributed by atoms with Gasteiger partial charge < -0.3 is 5.11 Å². The van der Waals surface area contributed by atoms with Gasteiger partial charge in [-0.05, 0) is 12.1 Å². The van der Waals surface area contributed by atoms with E-state index >= 15 is 0 Å². The molecule has 3 nitrogen and oxygen atoms in total. The summed E-state index contributed by atoms with van der Waals surface area (Å²) in [4.78, 5) is 11.3. The number of rotatable bonds is 3. The van der Waals surface area contributed by atoms with E-state index in [1.165, 1.54) is 18.4 Å². The average molecular weight is 198 g/mol. The van der Waals surface area contributed by atoms with Crippen LogP contribution in [-0.4, -0.2) is 27.1 Å². The predicted molar refractivity (Wildman–Crippen MR) is 51.4 cm³/mol. The summed E-state index contributed by atoms with van der Waals surface area (Å²) in [6.07, 6.45) is 1.46. The lowest BCUT2D eigenvalue weighted by atomic mass is 10.1. The molecule has 0 aliphatic rings. The molecule has 70 valence electrons. The van der Waals surface area contributed by atoms with Gasteiger partial charge in [0.25, 0.3) is 0 Å². The van der Waals surface area contributed by atoms with Gasteiger partial charge in [-0.15, -0.1) is 0 Å². The van der Waals surface area contributed by atoms with E-state index < -0.39 is 10.8 Å². The summed E-state index contributed by atoms with van der Waals surface area (Å²) < 4.78 is 10.7. The van der Waals surface area contributed by atoms with Gasteiger partial charge in [0.15, 0.2) is 5.78 Å². The van der Waals surface area contributed by atoms with Gasteiger partial charge in [0.1, 0.15) is 5.75 Å². The van der Waals surface area contributed by atoms with Crippen LogP contribution in [0.3, 0.4) is 0 Å². The van der Waals surface area contributed by atoms with Crippen LogP contribution in [0.15, 0.2) is 24.3 Å². The summed E-state index contributed by atoms with van der Waals surface area (Å²) in [5.74, 6) is -0.394. The lowest BCUT2D eigenvalue weighted by Crippen LogP contribution is -2.09. The molecule has 0 unspecified atom stereocenters. The van der Waals surface area contributed by atoms with Crippen molar-refractivity contribution in [2.75, 3.05) is 12.0 Å². The number of carbonyl (C=O) groups is 1. The molecule has 0 saturated carbocycles. The van der Waals surface area contributed by atoms with Crippen molar-refractivity contribution in [2.24, 2.45) is 0 Å². The Bertz CT molecular complexity index is 346. The quantitative estimate of drug-likeness (QED) is 0.736. The minimum Gasteiger partial charge on any atom is -0.507 e. The Balaban J connectivity index is 2.89. The van der Waals surface area contributed by atoms with Gasteiger partial charge in [-0.1, -0.05) is 12.1 Å². The number of phenolic OH excluding ortho intramolecular Hbond substituents is 1. The second-order valence-electron chi connectivity index (χ2n) is 2.66. The van der Waals surface area contributed by atoms with Gasteiger partial charge in [0.2, 0.25) is 0 Å². The zero-order chi connectivity index (χ0) is 9.84. The molecule has 1 N–H and O–H groups in total. The van der Waals surface area contributed by atoms with E-state index in [4.69, 9.17) is 0 Å². The molecule has 0 aliphatic carbocycles. The maximum Gasteiger partial charge on any atom is 0.179 e. The summed E-state index contributed by atoms with van der Waals surface area (Å²) in [7, 11) is -1.17. The van der Waals surface area contributed by atoms with E-state index in [0.29, 0.717) is 0 Å². The lowest BCUT2D eigenvalue weighted by Gasteiger charge is -2.00. The number of Topliss-reactive ketones (excluding diaryl/α,β-unsaturated/α-hetero) is 1. The number of hydrogen-bond acceptors (Lipinski definition) is 3. The van der Waals surface area contributed by atoms with Crippen molar-refractivity contribution in [3.05, 3.63) is 29.8 Å². The Labute approximate surface area is 78.9 Å². The molecule has 0 fully saturated rings. The maximum atomic E-state index is 11.3. The van der Waals surface area contributed by atoms with Crippen molar-refractivity contribution in [1.29, 1.82) is 0 Å². The molecule has 0 aliphatic heterocycles. The molecule has 0 aromatic heterocycles. The summed E-state index contributed by atoms with van der Waals surface area (Å²) in [6.45, 7) is 0. The first-order valence-corrected chi connectivity index (χ1v) is 5.45. The Hall–Kier alpha value is -1.16. The highest BCUT2D eigenvalue weighted by Gasteiger charge is 2.11. The number of hydrogen-bond donors (Lipinski definition) is 1. The van der Waals surface area contributed by atoms with Gasteiger partial charge in [0.05, 0.1) is 11.3 Å². The van der Waals surface area contributed by atoms with E-state index in [0.717, 1.165) is 0 Å². The van der Waals surface area contributed by atoms with Gasteiger partial charge >= 0.3 is 0 Å². The molecule has 0 spiro atoms. The van der Waals surface area contributed by atoms with E-state index in [1.807, 2.05) is 0 Å². The second-order valence-corrected chi connectivity index (χ2v) is 4.09. The summed E-state index contributed by atoms with van der Waals surface area (Å²) in [5.41, 5.74) is 0.234. The highest BCUT2D eigenvalue weighted by atomic mass is 32.2. The summed E-state index contributed by atoms with van der Waals surface area (Å²) >= 11 is 0. The topological polar surface area (TPSA) is 54.4 Å². The molecule has 4 heteroatoms. The van der Waals surface area contributed by atoms with Crippen LogP contribution in [0.25, 0.3) is 0 Å². The minimum absolute atomic E-state index is 0.0441. The first kappa shape index (κ1) is 9.92. The van der Waals surface area contributed by atoms with Crippen LogP contribution in [-0.2, 0) is 10.8 Å². The number of aromatic hydroxyl groups is 1. The van der Waals surface area contributed by atoms with Gasteiger partial charge in [-0.25, -0.2) is 0 Å². The van der Waals surface area contributed by atoms with E-state index in [9.17, 15) is 14.1 Å². The third kappa shape index (κ3) is 2.66. The molecule has 0 amide bonds. The number of ketones is 1. The zero-order valence-corrected chi connectivity index (χ0v) is 8.00. The van der Waals surface area contributed by atoms with Gasteiger partial charge in [-0.2, -0.15) is 0 Å². The van der Waals surface area contributed by atoms with Crippen LogP contribution < -0.4 is 0 Å². The number of carbonyl (C=O) groups excluding carboxylic acids is 1. The van der Waals surface area contributed by atoms with Crippen LogP contribution >= 0.6 is 0 Å². The molecule has 0 saturated heterocycles. The van der Waals surface area contributed by atoms with Crippen molar-refractivity contribution < 1.29 is 14.1 Å². The number of phenols is 1. The van der Waals surface area contributed by atoms with E-state index in [-0.39, 0.29) is 22.8 Å². The van der Waals surface area contributed by atoms with Crippen molar-refractivity contribution in [1.82, 2.24) is 0 Å². The minimum atomic E-state index is -1.17. The van der Waals surface area contributed by atoms with Crippen molar-refractivity contribution in [2.45, 2.75) is 0 Å². The first-order valence-electron chi connectivity index (χ1n) is 3.72. The predicted octanol–water partition coefficient (Wildman–Crippen LogP) is 0.953. The van der Waals surface area contributed by atoms with Crippen LogP contribution in [0.1, 0.15) is 10.4 Å². The average Bonchev–Trinajstić information content (AvgIpc) is 2.03. The fourth-order valence-corrected chi connectivity index (χ4v) is 1.50. The maximum absolute atomic E-state index is 11.3. The van der Waals surface area contributed by atoms with Crippen LogP contribution in [0.5, 0.6) is 5.75 Å². The highest BCUT2D eigenvalue weighted by molar-refractivity contribution is 7.85. The van der Waals surface area contributed by atoms with E-state index in [2.05, 4.69) is 0 Å². The monoisotopic (exact) mass is 198 g/mol. The Morgan fingerprint density at radius 2 is 2.08 bits per heavy atom. The molecule has 1 aromatic rings. The fourth-order valence-electron chi connectivity index (χ4n) is 0.972. The standard InChI is InChI=1S/C9H10O3S/c1-13(12)6-9(11)7-4-2-3-5-8(7)10/h2-5,10H,6H2,1H3/t13-/m1/s1. The number of benzene rings is 1. The summed E-state index contributed by atoms with van der Waals surface area (Å²) in [5, 5.41) is 9.27. The molecule has 0 radical (unpaired) electrons. The third-order valence-corrected chi connectivity index (χ3v) is 2.21. The smallest absolute Gasteiger partial charge is 0.179 e. The van der Waals surface area contributed by atoms with Crippen molar-refractivity contribution >= 4 is 16.6 Å². The van der Waals surface area contributed by atoms with Crippen molar-refractivity contribution in [3.63, 3.8) is 0 Å². The van der Waals surface area contributed by atoms with Gasteiger partial charge in [-0.3, -0.25) is 9.00 Å². The molecule has 1 atom stereocenters. The molecule has 0 heterocycles. The molecule has 13 heavy (non-hydrogen) atoms. The largest absolute Gasteiger partial charge is 0.507 e. The molecule has 1 aromatic carbocycles. The molecule has 1 rings (SSSR count). The Morgan fingerprint density at radius 1 is 1.46 bits per heavy atom. The highest BCUT2D eigenvalue weighted by Crippen LogP contribution is 2.16. The van der Waals surface area contributed by atoms with Crippen LogP contribution in [0.2, 0.25) is 0 Å². The summed E-state index contributed by atoms with van der Waals surface area (Å²) in [6, 6.07) is 6.25. The molecular weight excluding hydrogens is 188 g/mol. The first-order chi connectivity index (χ1) is 6.11. The normalized spacial score (nSPS) is 12.4. The van der Waals surface area contributed by atoms with Crippen LogP contribution in [0, 0.1) is 0 Å². The third-order valence-electron chi connectivity index (χ3n) is 1.54. The van der Waals surface area contributed by atoms with Gasteiger partial charge in [0, 0.05) is 17.1 Å². The SMILES string of the molecule is C[S@@](=O)CC(=O)c1ccccc1O. The number of para-hydroxylation sites is 1. The lowest BCUT2D eigenvalue weighted by molar-refractivity contribution is 0.101. The van der Waals surface area contributed by atoms with Crippen molar-refractivity contribution in [3.8, 4) is 5.75 Å². The second kappa shape index (κ2) is 4.18. The van der Waals surface area contributed by atoms with Crippen LogP contribution in [0.4, 0.5) is 0 Å². The molecule has 0 bridgehead atoms. The Kier molecular flexibility index (Phi) is 3.19.